The first-order valence-electron chi connectivity index (χ1n) is 5.57. The van der Waals surface area contributed by atoms with Crippen molar-refractivity contribution in [2.75, 3.05) is 0 Å². The number of halogens is 1. The topological polar surface area (TPSA) is 73.8 Å². The molecule has 0 amide bonds. The Bertz CT molecular complexity index is 809. The number of nitrogens with zero attached hydrogens (tertiary/aromatic N) is 4. The van der Waals surface area contributed by atoms with Crippen molar-refractivity contribution in [3.63, 3.8) is 0 Å². The third-order valence-corrected chi connectivity index (χ3v) is 3.16. The van der Waals surface area contributed by atoms with Gasteiger partial charge in [-0.15, -0.1) is 0 Å². The summed E-state index contributed by atoms with van der Waals surface area (Å²) in [5, 5.41) is 4.32. The molecular weight excluding hydrogens is 312 g/mol. The van der Waals surface area contributed by atoms with Crippen molar-refractivity contribution in [2.24, 2.45) is 0 Å². The van der Waals surface area contributed by atoms with Crippen LogP contribution in [-0.4, -0.2) is 19.7 Å². The molecule has 0 unspecified atom stereocenters. The lowest BCUT2D eigenvalue weighted by molar-refractivity contribution is 0.386. The first kappa shape index (κ1) is 12.0. The summed E-state index contributed by atoms with van der Waals surface area (Å²) >= 11 is 3.35. The van der Waals surface area contributed by atoms with E-state index in [1.165, 1.54) is 10.9 Å². The van der Waals surface area contributed by atoms with Crippen molar-refractivity contribution >= 4 is 26.8 Å². The van der Waals surface area contributed by atoms with Gasteiger partial charge >= 0.3 is 0 Å². The Labute approximate surface area is 116 Å². The third kappa shape index (κ3) is 2.28. The van der Waals surface area contributed by atoms with Crippen LogP contribution < -0.4 is 5.56 Å². The summed E-state index contributed by atoms with van der Waals surface area (Å²) in [5.41, 5.74) is 0.530. The molecule has 0 saturated heterocycles. The molecule has 0 spiro atoms. The number of aromatic nitrogens is 4. The van der Waals surface area contributed by atoms with Gasteiger partial charge < -0.3 is 4.52 Å². The first-order chi connectivity index (χ1) is 9.13. The molecule has 0 radical (unpaired) electrons. The molecule has 1 aromatic carbocycles. The molecule has 0 bridgehead atoms. The van der Waals surface area contributed by atoms with Crippen LogP contribution in [-0.2, 0) is 6.54 Å². The maximum atomic E-state index is 12.3. The van der Waals surface area contributed by atoms with Crippen LogP contribution in [0.1, 0.15) is 11.7 Å². The lowest BCUT2D eigenvalue weighted by atomic mass is 10.2. The number of aryl methyl sites for hydroxylation is 1. The second-order valence-electron chi connectivity index (χ2n) is 4.07. The fourth-order valence-electron chi connectivity index (χ4n) is 1.80. The van der Waals surface area contributed by atoms with E-state index in [1.807, 2.05) is 6.07 Å². The average Bonchev–Trinajstić information content (AvgIpc) is 2.79. The van der Waals surface area contributed by atoms with E-state index in [1.54, 1.807) is 19.1 Å². The maximum absolute atomic E-state index is 12.3. The zero-order chi connectivity index (χ0) is 13.4. The number of hydrogen-bond acceptors (Lipinski definition) is 5. The van der Waals surface area contributed by atoms with E-state index in [0.29, 0.717) is 22.6 Å². The Morgan fingerprint density at radius 3 is 3.00 bits per heavy atom. The Morgan fingerprint density at radius 1 is 1.42 bits per heavy atom. The van der Waals surface area contributed by atoms with Crippen LogP contribution in [0.2, 0.25) is 0 Å². The van der Waals surface area contributed by atoms with Gasteiger partial charge in [-0.2, -0.15) is 4.98 Å². The summed E-state index contributed by atoms with van der Waals surface area (Å²) in [6.07, 6.45) is 1.49. The van der Waals surface area contributed by atoms with Crippen molar-refractivity contribution < 1.29 is 4.52 Å². The first-order valence-corrected chi connectivity index (χ1v) is 6.37. The quantitative estimate of drug-likeness (QED) is 0.721. The molecule has 0 fully saturated rings. The lowest BCUT2D eigenvalue weighted by Crippen LogP contribution is -2.21. The van der Waals surface area contributed by atoms with Gasteiger partial charge in [-0.1, -0.05) is 21.1 Å². The van der Waals surface area contributed by atoms with Gasteiger partial charge in [-0.05, 0) is 18.2 Å². The predicted octanol–water partition coefficient (Wildman–Crippen LogP) is 1.90. The van der Waals surface area contributed by atoms with E-state index in [0.717, 1.165) is 4.47 Å². The molecule has 0 aliphatic rings. The van der Waals surface area contributed by atoms with Gasteiger partial charge in [0, 0.05) is 11.4 Å². The van der Waals surface area contributed by atoms with Crippen molar-refractivity contribution in [3.05, 3.63) is 51.1 Å². The minimum atomic E-state index is -0.131. The summed E-state index contributed by atoms with van der Waals surface area (Å²) in [4.78, 5) is 20.6. The van der Waals surface area contributed by atoms with Gasteiger partial charge in [0.2, 0.25) is 5.89 Å². The second kappa shape index (κ2) is 4.58. The van der Waals surface area contributed by atoms with Crippen molar-refractivity contribution in [2.45, 2.75) is 13.5 Å². The van der Waals surface area contributed by atoms with Gasteiger partial charge in [0.25, 0.3) is 5.56 Å². The lowest BCUT2D eigenvalue weighted by Gasteiger charge is -2.03. The van der Waals surface area contributed by atoms with Gasteiger partial charge in [0.15, 0.2) is 5.82 Å². The van der Waals surface area contributed by atoms with Gasteiger partial charge in [-0.25, -0.2) is 4.98 Å². The average molecular weight is 321 g/mol. The van der Waals surface area contributed by atoms with Crippen molar-refractivity contribution in [3.8, 4) is 0 Å². The van der Waals surface area contributed by atoms with Crippen LogP contribution in [0, 0.1) is 6.92 Å². The van der Waals surface area contributed by atoms with Crippen LogP contribution in [0.5, 0.6) is 0 Å². The highest BCUT2D eigenvalue weighted by Gasteiger charge is 2.08. The number of benzene rings is 1. The molecule has 3 rings (SSSR count). The minimum absolute atomic E-state index is 0.131. The normalized spacial score (nSPS) is 11.1. The Hall–Kier alpha value is -2.02. The molecule has 0 aliphatic carbocycles. The summed E-state index contributed by atoms with van der Waals surface area (Å²) in [6, 6.07) is 5.40. The number of rotatable bonds is 2. The van der Waals surface area contributed by atoms with E-state index < -0.39 is 0 Å². The summed E-state index contributed by atoms with van der Waals surface area (Å²) in [5.74, 6) is 0.926. The van der Waals surface area contributed by atoms with Crippen LogP contribution >= 0.6 is 15.9 Å². The highest BCUT2D eigenvalue weighted by atomic mass is 79.9. The van der Waals surface area contributed by atoms with Crippen molar-refractivity contribution in [1.82, 2.24) is 19.7 Å². The van der Waals surface area contributed by atoms with E-state index in [4.69, 9.17) is 4.52 Å². The molecule has 6 nitrogen and oxygen atoms in total. The Balaban J connectivity index is 2.09. The molecule has 0 atom stereocenters. The van der Waals surface area contributed by atoms with Gasteiger partial charge in [-0.3, -0.25) is 9.36 Å². The smallest absolute Gasteiger partial charge is 0.261 e. The van der Waals surface area contributed by atoms with E-state index in [-0.39, 0.29) is 12.1 Å². The zero-order valence-electron chi connectivity index (χ0n) is 10.00. The van der Waals surface area contributed by atoms with Crippen molar-refractivity contribution in [1.29, 1.82) is 0 Å². The van der Waals surface area contributed by atoms with E-state index in [2.05, 4.69) is 31.1 Å². The summed E-state index contributed by atoms with van der Waals surface area (Å²) in [7, 11) is 0. The molecule has 0 saturated carbocycles. The molecule has 2 aromatic heterocycles. The highest BCUT2D eigenvalue weighted by Crippen LogP contribution is 2.14. The molecule has 96 valence electrons. The molecular formula is C12H9BrN4O2. The summed E-state index contributed by atoms with van der Waals surface area (Å²) in [6.45, 7) is 1.95. The van der Waals surface area contributed by atoms with Crippen LogP contribution in [0.25, 0.3) is 10.9 Å². The third-order valence-electron chi connectivity index (χ3n) is 2.67. The number of fused-ring (bicyclic) bond motifs is 1. The molecule has 19 heavy (non-hydrogen) atoms. The zero-order valence-corrected chi connectivity index (χ0v) is 11.6. The second-order valence-corrected chi connectivity index (χ2v) is 4.98. The van der Waals surface area contributed by atoms with Crippen LogP contribution in [0.3, 0.4) is 0 Å². The van der Waals surface area contributed by atoms with Crippen LogP contribution in [0.4, 0.5) is 0 Å². The molecule has 7 heteroatoms. The van der Waals surface area contributed by atoms with E-state index in [9.17, 15) is 4.79 Å². The molecule has 0 aliphatic heterocycles. The monoisotopic (exact) mass is 320 g/mol. The minimum Gasteiger partial charge on any atom is -0.340 e. The summed E-state index contributed by atoms with van der Waals surface area (Å²) < 4.78 is 7.18. The van der Waals surface area contributed by atoms with Crippen LogP contribution in [0.15, 0.2) is 38.3 Å². The Kier molecular flexibility index (Phi) is 2.90. The Morgan fingerprint density at radius 2 is 2.26 bits per heavy atom. The maximum Gasteiger partial charge on any atom is 0.261 e. The molecule has 2 heterocycles. The fraction of sp³-hybridized carbons (Fsp3) is 0.167. The van der Waals surface area contributed by atoms with E-state index >= 15 is 0 Å². The molecule has 3 aromatic rings. The highest BCUT2D eigenvalue weighted by molar-refractivity contribution is 9.10. The van der Waals surface area contributed by atoms with Gasteiger partial charge in [0.1, 0.15) is 0 Å². The largest absolute Gasteiger partial charge is 0.340 e. The standard InChI is InChI=1S/C12H9BrN4O2/c1-7-15-11(16-19-7)5-17-6-14-10-3-2-8(13)4-9(10)12(17)18/h2-4,6H,5H2,1H3. The van der Waals surface area contributed by atoms with Gasteiger partial charge in [0.05, 0.1) is 23.8 Å². The number of hydrogen-bond donors (Lipinski definition) is 0. The SMILES string of the molecule is Cc1nc(Cn2cnc3ccc(Br)cc3c2=O)no1. The molecule has 0 N–H and O–H groups in total. The predicted molar refractivity (Wildman–Crippen MR) is 71.8 cm³/mol. The fourth-order valence-corrected chi connectivity index (χ4v) is 2.16.